The van der Waals surface area contributed by atoms with Crippen molar-refractivity contribution in [2.45, 2.75) is 13.0 Å². The van der Waals surface area contributed by atoms with E-state index in [1.165, 1.54) is 0 Å². The molecule has 0 aliphatic carbocycles. The molecule has 1 amide bonds. The van der Waals surface area contributed by atoms with Gasteiger partial charge in [-0.3, -0.25) is 4.79 Å². The number of ether oxygens (including phenoxy) is 1. The van der Waals surface area contributed by atoms with E-state index in [2.05, 4.69) is 10.5 Å². The van der Waals surface area contributed by atoms with Gasteiger partial charge >= 0.3 is 0 Å². The van der Waals surface area contributed by atoms with E-state index in [9.17, 15) is 4.79 Å². The lowest BCUT2D eigenvalue weighted by Crippen LogP contribution is -2.29. The second kappa shape index (κ2) is 7.00. The van der Waals surface area contributed by atoms with Crippen LogP contribution in [-0.2, 0) is 0 Å². The number of aryl methyl sites for hydroxylation is 1. The molecule has 1 heterocycles. The minimum Gasteiger partial charge on any atom is -0.497 e. The highest BCUT2D eigenvalue weighted by Gasteiger charge is 2.19. The third-order valence-electron chi connectivity index (χ3n) is 3.72. The Hall–Kier alpha value is -3.08. The number of aromatic nitrogens is 1. The van der Waals surface area contributed by atoms with Crippen LogP contribution in [0.4, 0.5) is 0 Å². The number of hydrogen-bond donors (Lipinski definition) is 1. The van der Waals surface area contributed by atoms with Crippen LogP contribution in [0.5, 0.6) is 5.75 Å². The van der Waals surface area contributed by atoms with Gasteiger partial charge in [0.05, 0.1) is 13.2 Å². The zero-order valence-electron chi connectivity index (χ0n) is 13.5. The Morgan fingerprint density at radius 2 is 1.75 bits per heavy atom. The smallest absolute Gasteiger partial charge is 0.274 e. The number of nitrogens with zero attached hydrogens (tertiary/aromatic N) is 1. The zero-order chi connectivity index (χ0) is 16.9. The number of benzene rings is 2. The molecule has 0 bridgehead atoms. The van der Waals surface area contributed by atoms with Crippen LogP contribution in [-0.4, -0.2) is 18.2 Å². The monoisotopic (exact) mass is 322 g/mol. The second-order valence-electron chi connectivity index (χ2n) is 5.41. The molecule has 2 aromatic carbocycles. The van der Waals surface area contributed by atoms with E-state index in [-0.39, 0.29) is 17.6 Å². The van der Waals surface area contributed by atoms with Crippen molar-refractivity contribution in [3.63, 3.8) is 0 Å². The standard InChI is InChI=1S/C19H18N2O3/c1-13-12-17(21-24-13)19(22)20-18(14-6-4-3-5-7-14)15-8-10-16(23-2)11-9-15/h3-12,18H,1-2H3,(H,20,22). The Kier molecular flexibility index (Phi) is 4.61. The van der Waals surface area contributed by atoms with E-state index < -0.39 is 0 Å². The van der Waals surface area contributed by atoms with Crippen molar-refractivity contribution in [3.05, 3.63) is 83.2 Å². The predicted molar refractivity (Wildman–Crippen MR) is 90.0 cm³/mol. The minimum absolute atomic E-state index is 0.266. The third kappa shape index (κ3) is 3.46. The molecule has 0 spiro atoms. The van der Waals surface area contributed by atoms with Crippen molar-refractivity contribution in [1.29, 1.82) is 0 Å². The van der Waals surface area contributed by atoms with Crippen molar-refractivity contribution in [2.24, 2.45) is 0 Å². The Morgan fingerprint density at radius 3 is 2.33 bits per heavy atom. The molecular formula is C19H18N2O3. The summed E-state index contributed by atoms with van der Waals surface area (Å²) in [7, 11) is 1.62. The van der Waals surface area contributed by atoms with Crippen molar-refractivity contribution >= 4 is 5.91 Å². The van der Waals surface area contributed by atoms with Gasteiger partial charge in [-0.15, -0.1) is 0 Å². The number of hydrogen-bond acceptors (Lipinski definition) is 4. The van der Waals surface area contributed by atoms with Crippen LogP contribution in [0.25, 0.3) is 0 Å². The fourth-order valence-electron chi connectivity index (χ4n) is 2.48. The highest BCUT2D eigenvalue weighted by molar-refractivity contribution is 5.92. The molecule has 5 nitrogen and oxygen atoms in total. The lowest BCUT2D eigenvalue weighted by atomic mass is 9.98. The average Bonchev–Trinajstić information content (AvgIpc) is 3.07. The van der Waals surface area contributed by atoms with E-state index in [1.54, 1.807) is 20.1 Å². The number of carbonyl (C=O) groups is 1. The van der Waals surface area contributed by atoms with Gasteiger partial charge in [-0.1, -0.05) is 47.6 Å². The molecule has 1 N–H and O–H groups in total. The van der Waals surface area contributed by atoms with Gasteiger partial charge in [0.15, 0.2) is 5.69 Å². The number of carbonyl (C=O) groups excluding carboxylic acids is 1. The van der Waals surface area contributed by atoms with Crippen molar-refractivity contribution < 1.29 is 14.1 Å². The summed E-state index contributed by atoms with van der Waals surface area (Å²) in [5.74, 6) is 1.08. The summed E-state index contributed by atoms with van der Waals surface area (Å²) in [5, 5.41) is 6.79. The molecule has 5 heteroatoms. The van der Waals surface area contributed by atoms with Crippen LogP contribution in [0.3, 0.4) is 0 Å². The summed E-state index contributed by atoms with van der Waals surface area (Å²) in [6.45, 7) is 1.75. The molecule has 0 saturated heterocycles. The van der Waals surface area contributed by atoms with Crippen LogP contribution >= 0.6 is 0 Å². The van der Waals surface area contributed by atoms with Crippen molar-refractivity contribution in [1.82, 2.24) is 10.5 Å². The fraction of sp³-hybridized carbons (Fsp3) is 0.158. The summed E-state index contributed by atoms with van der Waals surface area (Å²) < 4.78 is 10.2. The first kappa shape index (κ1) is 15.8. The van der Waals surface area contributed by atoms with Crippen molar-refractivity contribution in [3.8, 4) is 5.75 Å². The highest BCUT2D eigenvalue weighted by atomic mass is 16.5. The van der Waals surface area contributed by atoms with Gasteiger partial charge in [0.2, 0.25) is 0 Å². The Balaban J connectivity index is 1.91. The quantitative estimate of drug-likeness (QED) is 0.781. The Morgan fingerprint density at radius 1 is 1.08 bits per heavy atom. The summed E-state index contributed by atoms with van der Waals surface area (Å²) in [6.07, 6.45) is 0. The SMILES string of the molecule is COc1ccc(C(NC(=O)c2cc(C)on2)c2ccccc2)cc1. The fourth-order valence-corrected chi connectivity index (χ4v) is 2.48. The molecule has 0 radical (unpaired) electrons. The van der Waals surface area contributed by atoms with Crippen LogP contribution in [0, 0.1) is 6.92 Å². The van der Waals surface area contributed by atoms with E-state index >= 15 is 0 Å². The molecule has 1 unspecified atom stereocenters. The van der Waals surface area contributed by atoms with Gasteiger partial charge in [-0.25, -0.2) is 0 Å². The maximum Gasteiger partial charge on any atom is 0.274 e. The first-order valence-corrected chi connectivity index (χ1v) is 7.60. The molecule has 3 rings (SSSR count). The maximum absolute atomic E-state index is 12.5. The molecule has 1 aromatic heterocycles. The maximum atomic E-state index is 12.5. The first-order chi connectivity index (χ1) is 11.7. The molecule has 0 aliphatic heterocycles. The minimum atomic E-state index is -0.290. The molecule has 3 aromatic rings. The molecule has 122 valence electrons. The lowest BCUT2D eigenvalue weighted by Gasteiger charge is -2.19. The van der Waals surface area contributed by atoms with Gasteiger partial charge in [0.1, 0.15) is 11.5 Å². The molecule has 24 heavy (non-hydrogen) atoms. The van der Waals surface area contributed by atoms with Gasteiger partial charge < -0.3 is 14.6 Å². The molecule has 1 atom stereocenters. The predicted octanol–water partition coefficient (Wildman–Crippen LogP) is 3.51. The van der Waals surface area contributed by atoms with Crippen LogP contribution in [0.15, 0.2) is 65.2 Å². The number of nitrogens with one attached hydrogen (secondary N) is 1. The number of amides is 1. The topological polar surface area (TPSA) is 64.4 Å². The lowest BCUT2D eigenvalue weighted by molar-refractivity contribution is 0.0934. The van der Waals surface area contributed by atoms with E-state index in [4.69, 9.17) is 9.26 Å². The summed E-state index contributed by atoms with van der Waals surface area (Å²) in [4.78, 5) is 12.5. The Bertz CT molecular complexity index is 810. The van der Waals surface area contributed by atoms with Gasteiger partial charge in [0.25, 0.3) is 5.91 Å². The van der Waals surface area contributed by atoms with Gasteiger partial charge in [-0.2, -0.15) is 0 Å². The summed E-state index contributed by atoms with van der Waals surface area (Å²) >= 11 is 0. The first-order valence-electron chi connectivity index (χ1n) is 7.60. The summed E-state index contributed by atoms with van der Waals surface area (Å²) in [6, 6.07) is 18.7. The van der Waals surface area contributed by atoms with Crippen molar-refractivity contribution in [2.75, 3.05) is 7.11 Å². The average molecular weight is 322 g/mol. The second-order valence-corrected chi connectivity index (χ2v) is 5.41. The highest BCUT2D eigenvalue weighted by Crippen LogP contribution is 2.24. The Labute approximate surface area is 140 Å². The van der Waals surface area contributed by atoms with Crippen LogP contribution in [0.2, 0.25) is 0 Å². The summed E-state index contributed by atoms with van der Waals surface area (Å²) in [5.41, 5.74) is 2.20. The van der Waals surface area contributed by atoms with E-state index in [0.717, 1.165) is 16.9 Å². The van der Waals surface area contributed by atoms with Gasteiger partial charge in [0, 0.05) is 6.07 Å². The third-order valence-corrected chi connectivity index (χ3v) is 3.72. The molecule has 0 saturated carbocycles. The van der Waals surface area contributed by atoms with E-state index in [0.29, 0.717) is 5.76 Å². The van der Waals surface area contributed by atoms with E-state index in [1.807, 2.05) is 54.6 Å². The molecule has 0 aliphatic rings. The van der Waals surface area contributed by atoms with Crippen LogP contribution in [0.1, 0.15) is 33.4 Å². The van der Waals surface area contributed by atoms with Crippen LogP contribution < -0.4 is 10.1 Å². The number of methoxy groups -OCH3 is 1. The zero-order valence-corrected chi connectivity index (χ0v) is 13.5. The van der Waals surface area contributed by atoms with Gasteiger partial charge in [-0.05, 0) is 30.2 Å². The largest absolute Gasteiger partial charge is 0.497 e. The normalized spacial score (nSPS) is 11.8. The number of rotatable bonds is 5. The molecular weight excluding hydrogens is 304 g/mol. The molecule has 0 fully saturated rings.